The molecule has 0 bridgehead atoms. The van der Waals surface area contributed by atoms with Crippen LogP contribution in [0.5, 0.6) is 0 Å². The quantitative estimate of drug-likeness (QED) is 0.638. The number of β-amino-alcohol motifs (C(OH)–C–C–N with tert-alkyl or cyclic N) is 1. The molecule has 0 spiro atoms. The third-order valence-electron chi connectivity index (χ3n) is 3.33. The van der Waals surface area contributed by atoms with Gasteiger partial charge in [0.1, 0.15) is 5.69 Å². The van der Waals surface area contributed by atoms with Crippen LogP contribution in [0.3, 0.4) is 0 Å². The number of nitrogens with zero attached hydrogens (tertiary/aromatic N) is 4. The largest absolute Gasteiger partial charge is 0.388 e. The summed E-state index contributed by atoms with van der Waals surface area (Å²) in [7, 11) is 1.70. The fourth-order valence-electron chi connectivity index (χ4n) is 2.46. The molecule has 1 aliphatic heterocycles. The van der Waals surface area contributed by atoms with Gasteiger partial charge in [-0.3, -0.25) is 10.1 Å². The zero-order valence-electron chi connectivity index (χ0n) is 10.9. The Morgan fingerprint density at radius 2 is 2.28 bits per heavy atom. The van der Waals surface area contributed by atoms with E-state index in [1.165, 1.54) is 0 Å². The van der Waals surface area contributed by atoms with Gasteiger partial charge in [-0.1, -0.05) is 6.92 Å². The molecule has 100 valence electrons. The van der Waals surface area contributed by atoms with Crippen molar-refractivity contribution >= 4 is 11.5 Å². The molecule has 1 atom stereocenters. The van der Waals surface area contributed by atoms with Gasteiger partial charge in [-0.25, -0.2) is 4.68 Å². The van der Waals surface area contributed by atoms with E-state index in [2.05, 4.69) is 5.10 Å². The van der Waals surface area contributed by atoms with Crippen LogP contribution in [0, 0.1) is 10.1 Å². The van der Waals surface area contributed by atoms with Crippen molar-refractivity contribution < 1.29 is 10.0 Å². The van der Waals surface area contributed by atoms with Gasteiger partial charge in [0.25, 0.3) is 0 Å². The lowest BCUT2D eigenvalue weighted by Gasteiger charge is -2.19. The standard InChI is InChI=1S/C11H18N4O3/c1-4-8-9(15(17)18)10(13(3)12-8)14-6-5-11(2,16)7-14/h16H,4-7H2,1-3H3. The predicted molar refractivity (Wildman–Crippen MR) is 66.7 cm³/mol. The molecule has 1 aromatic rings. The highest BCUT2D eigenvalue weighted by Crippen LogP contribution is 2.35. The lowest BCUT2D eigenvalue weighted by Crippen LogP contribution is -2.30. The Labute approximate surface area is 105 Å². The fraction of sp³-hybridized carbons (Fsp3) is 0.727. The first kappa shape index (κ1) is 12.8. The molecule has 1 N–H and O–H groups in total. The van der Waals surface area contributed by atoms with Gasteiger partial charge in [0.15, 0.2) is 0 Å². The maximum Gasteiger partial charge on any atom is 0.334 e. The van der Waals surface area contributed by atoms with Crippen LogP contribution >= 0.6 is 0 Å². The molecule has 7 heteroatoms. The first-order valence-corrected chi connectivity index (χ1v) is 6.03. The first-order valence-electron chi connectivity index (χ1n) is 6.03. The summed E-state index contributed by atoms with van der Waals surface area (Å²) in [5, 5.41) is 25.4. The summed E-state index contributed by atoms with van der Waals surface area (Å²) in [4.78, 5) is 12.7. The molecule has 1 fully saturated rings. The lowest BCUT2D eigenvalue weighted by atomic mass is 10.1. The minimum Gasteiger partial charge on any atom is -0.388 e. The predicted octanol–water partition coefficient (Wildman–Crippen LogP) is 0.852. The molecule has 2 heterocycles. The highest BCUT2D eigenvalue weighted by Gasteiger charge is 2.37. The van der Waals surface area contributed by atoms with E-state index in [-0.39, 0.29) is 10.6 Å². The fourth-order valence-corrected chi connectivity index (χ4v) is 2.46. The Bertz CT molecular complexity index is 481. The van der Waals surface area contributed by atoms with Gasteiger partial charge in [-0.2, -0.15) is 5.10 Å². The number of rotatable bonds is 3. The molecule has 0 radical (unpaired) electrons. The van der Waals surface area contributed by atoms with Crippen molar-refractivity contribution in [2.24, 2.45) is 7.05 Å². The summed E-state index contributed by atoms with van der Waals surface area (Å²) in [6, 6.07) is 0. The topological polar surface area (TPSA) is 84.4 Å². The summed E-state index contributed by atoms with van der Waals surface area (Å²) < 4.78 is 1.54. The van der Waals surface area contributed by atoms with Crippen molar-refractivity contribution in [1.82, 2.24) is 9.78 Å². The Kier molecular flexibility index (Phi) is 3.02. The molecule has 1 aliphatic rings. The number of anilines is 1. The molecule has 0 amide bonds. The van der Waals surface area contributed by atoms with E-state index in [1.807, 2.05) is 11.8 Å². The van der Waals surface area contributed by atoms with Crippen molar-refractivity contribution in [1.29, 1.82) is 0 Å². The lowest BCUT2D eigenvalue weighted by molar-refractivity contribution is -0.384. The molecule has 1 aromatic heterocycles. The SMILES string of the molecule is CCc1nn(C)c(N2CCC(C)(O)C2)c1[N+](=O)[O-]. The van der Waals surface area contributed by atoms with Crippen molar-refractivity contribution in [3.05, 3.63) is 15.8 Å². The van der Waals surface area contributed by atoms with Gasteiger partial charge in [0.05, 0.1) is 10.5 Å². The van der Waals surface area contributed by atoms with E-state index in [1.54, 1.807) is 18.7 Å². The second-order valence-corrected chi connectivity index (χ2v) is 5.02. The third-order valence-corrected chi connectivity index (χ3v) is 3.33. The maximum atomic E-state index is 11.2. The molecule has 0 aliphatic carbocycles. The van der Waals surface area contributed by atoms with Crippen LogP contribution in [-0.2, 0) is 13.5 Å². The number of aliphatic hydroxyl groups is 1. The van der Waals surface area contributed by atoms with E-state index in [0.29, 0.717) is 37.4 Å². The molecule has 1 unspecified atom stereocenters. The van der Waals surface area contributed by atoms with Crippen molar-refractivity contribution in [3.8, 4) is 0 Å². The molecule has 1 saturated heterocycles. The minimum absolute atomic E-state index is 0.0673. The van der Waals surface area contributed by atoms with Gasteiger partial charge in [-0.05, 0) is 19.8 Å². The van der Waals surface area contributed by atoms with Gasteiger partial charge in [0, 0.05) is 20.1 Å². The second-order valence-electron chi connectivity index (χ2n) is 5.02. The second kappa shape index (κ2) is 4.24. The molecule has 7 nitrogen and oxygen atoms in total. The molecular weight excluding hydrogens is 236 g/mol. The summed E-state index contributed by atoms with van der Waals surface area (Å²) >= 11 is 0. The van der Waals surface area contributed by atoms with E-state index in [0.717, 1.165) is 0 Å². The van der Waals surface area contributed by atoms with Crippen LogP contribution in [0.15, 0.2) is 0 Å². The minimum atomic E-state index is -0.787. The van der Waals surface area contributed by atoms with Crippen LogP contribution < -0.4 is 4.90 Å². The summed E-state index contributed by atoms with van der Waals surface area (Å²) in [5.74, 6) is 0.495. The van der Waals surface area contributed by atoms with Crippen LogP contribution in [0.2, 0.25) is 0 Å². The average Bonchev–Trinajstić information content (AvgIpc) is 2.78. The summed E-state index contributed by atoms with van der Waals surface area (Å²) in [6.45, 7) is 4.60. The zero-order valence-corrected chi connectivity index (χ0v) is 10.9. The van der Waals surface area contributed by atoms with E-state index in [9.17, 15) is 15.2 Å². The summed E-state index contributed by atoms with van der Waals surface area (Å²) in [5.41, 5.74) is -0.230. The highest BCUT2D eigenvalue weighted by molar-refractivity contribution is 5.62. The smallest absolute Gasteiger partial charge is 0.334 e. The number of hydrogen-bond donors (Lipinski definition) is 1. The van der Waals surface area contributed by atoms with Crippen molar-refractivity contribution in [2.75, 3.05) is 18.0 Å². The Balaban J connectivity index is 2.44. The van der Waals surface area contributed by atoms with Gasteiger partial charge in [-0.15, -0.1) is 0 Å². The number of nitro groups is 1. The van der Waals surface area contributed by atoms with Crippen LogP contribution in [-0.4, -0.2) is 38.5 Å². The average molecular weight is 254 g/mol. The molecule has 2 rings (SSSR count). The van der Waals surface area contributed by atoms with Crippen LogP contribution in [0.1, 0.15) is 26.0 Å². The molecule has 0 aromatic carbocycles. The number of hydrogen-bond acceptors (Lipinski definition) is 5. The number of aryl methyl sites for hydroxylation is 2. The highest BCUT2D eigenvalue weighted by atomic mass is 16.6. The van der Waals surface area contributed by atoms with E-state index < -0.39 is 5.60 Å². The van der Waals surface area contributed by atoms with Gasteiger partial charge in [0.2, 0.25) is 5.82 Å². The maximum absolute atomic E-state index is 11.2. The van der Waals surface area contributed by atoms with Crippen LogP contribution in [0.25, 0.3) is 0 Å². The van der Waals surface area contributed by atoms with Crippen molar-refractivity contribution in [2.45, 2.75) is 32.3 Å². The monoisotopic (exact) mass is 254 g/mol. The summed E-state index contributed by atoms with van der Waals surface area (Å²) in [6.07, 6.45) is 1.13. The molecule has 0 saturated carbocycles. The molecular formula is C11H18N4O3. The Morgan fingerprint density at radius 3 is 2.72 bits per heavy atom. The van der Waals surface area contributed by atoms with E-state index >= 15 is 0 Å². The van der Waals surface area contributed by atoms with Crippen LogP contribution in [0.4, 0.5) is 11.5 Å². The van der Waals surface area contributed by atoms with Crippen molar-refractivity contribution in [3.63, 3.8) is 0 Å². The Hall–Kier alpha value is -1.63. The third kappa shape index (κ3) is 2.05. The van der Waals surface area contributed by atoms with E-state index in [4.69, 9.17) is 0 Å². The molecule has 18 heavy (non-hydrogen) atoms. The number of aromatic nitrogens is 2. The Morgan fingerprint density at radius 1 is 1.61 bits per heavy atom. The zero-order chi connectivity index (χ0) is 13.5. The van der Waals surface area contributed by atoms with Gasteiger partial charge < -0.3 is 10.0 Å². The first-order chi connectivity index (χ1) is 8.35. The normalized spacial score (nSPS) is 23.7. The van der Waals surface area contributed by atoms with Gasteiger partial charge >= 0.3 is 5.69 Å².